The topological polar surface area (TPSA) is 51.5 Å². The molecule has 0 unspecified atom stereocenters. The molecule has 1 heterocycles. The predicted octanol–water partition coefficient (Wildman–Crippen LogP) is 4.21. The van der Waals surface area contributed by atoms with Gasteiger partial charge in [0.2, 0.25) is 0 Å². The van der Waals surface area contributed by atoms with Crippen LogP contribution in [0, 0.1) is 0 Å². The number of amides is 1. The van der Waals surface area contributed by atoms with Gasteiger partial charge in [0.1, 0.15) is 5.75 Å². The Morgan fingerprint density at radius 2 is 2.00 bits per heavy atom. The van der Waals surface area contributed by atoms with E-state index in [9.17, 15) is 18.0 Å². The van der Waals surface area contributed by atoms with Crippen LogP contribution in [0.15, 0.2) is 34.7 Å². The van der Waals surface area contributed by atoms with Crippen LogP contribution in [0.25, 0.3) is 0 Å². The van der Waals surface area contributed by atoms with Crippen molar-refractivity contribution >= 4 is 23.2 Å². The molecule has 1 amide bonds. The smallest absolute Gasteiger partial charge is 0.420 e. The molecule has 4 nitrogen and oxygen atoms in total. The number of carbonyl (C=O) groups excluding carboxylic acids is 1. The zero-order valence-corrected chi connectivity index (χ0v) is 11.4. The fourth-order valence-electron chi connectivity index (χ4n) is 1.64. The number of halogens is 4. The molecule has 0 fully saturated rings. The second kappa shape index (κ2) is 5.69. The summed E-state index contributed by atoms with van der Waals surface area (Å²) in [4.78, 5) is 11.8. The highest BCUT2D eigenvalue weighted by Gasteiger charge is 2.34. The molecule has 0 aliphatic carbocycles. The molecule has 0 aliphatic heterocycles. The Morgan fingerprint density at radius 1 is 1.29 bits per heavy atom. The van der Waals surface area contributed by atoms with Gasteiger partial charge in [-0.1, -0.05) is 0 Å². The maximum Gasteiger partial charge on any atom is 0.420 e. The van der Waals surface area contributed by atoms with Gasteiger partial charge in [0.05, 0.1) is 12.7 Å². The molecule has 2 aromatic rings. The molecule has 0 saturated carbocycles. The van der Waals surface area contributed by atoms with Crippen molar-refractivity contribution in [2.45, 2.75) is 6.18 Å². The molecule has 0 saturated heterocycles. The molecule has 0 aliphatic rings. The Labute approximate surface area is 122 Å². The molecule has 112 valence electrons. The summed E-state index contributed by atoms with van der Waals surface area (Å²) < 4.78 is 48.1. The number of rotatable bonds is 3. The average Bonchev–Trinajstić information content (AvgIpc) is 2.84. The lowest BCUT2D eigenvalue weighted by Gasteiger charge is -2.13. The Hall–Kier alpha value is -2.15. The van der Waals surface area contributed by atoms with Crippen LogP contribution in [-0.2, 0) is 6.18 Å². The van der Waals surface area contributed by atoms with E-state index in [1.165, 1.54) is 18.2 Å². The minimum Gasteiger partial charge on any atom is -0.496 e. The van der Waals surface area contributed by atoms with Gasteiger partial charge in [-0.3, -0.25) is 4.79 Å². The van der Waals surface area contributed by atoms with Crippen molar-refractivity contribution in [2.75, 3.05) is 12.4 Å². The first-order chi connectivity index (χ1) is 9.81. The third-order valence-electron chi connectivity index (χ3n) is 2.56. The Bertz CT molecular complexity index is 667. The van der Waals surface area contributed by atoms with E-state index in [0.29, 0.717) is 0 Å². The van der Waals surface area contributed by atoms with Crippen LogP contribution >= 0.6 is 11.6 Å². The van der Waals surface area contributed by atoms with Gasteiger partial charge in [-0.25, -0.2) is 0 Å². The van der Waals surface area contributed by atoms with E-state index in [-0.39, 0.29) is 22.4 Å². The molecular weight excluding hydrogens is 311 g/mol. The molecule has 0 atom stereocenters. The van der Waals surface area contributed by atoms with Crippen LogP contribution in [0.1, 0.15) is 16.1 Å². The van der Waals surface area contributed by atoms with E-state index in [1.54, 1.807) is 0 Å². The summed E-state index contributed by atoms with van der Waals surface area (Å²) in [7, 11) is 1.13. The molecule has 1 aromatic carbocycles. The van der Waals surface area contributed by atoms with Gasteiger partial charge in [-0.05, 0) is 41.9 Å². The summed E-state index contributed by atoms with van der Waals surface area (Å²) in [6, 6.07) is 5.85. The van der Waals surface area contributed by atoms with Gasteiger partial charge in [-0.2, -0.15) is 13.2 Å². The lowest BCUT2D eigenvalue weighted by molar-refractivity contribution is -0.138. The predicted molar refractivity (Wildman–Crippen MR) is 69.7 cm³/mol. The van der Waals surface area contributed by atoms with Crippen LogP contribution < -0.4 is 10.1 Å². The van der Waals surface area contributed by atoms with E-state index in [2.05, 4.69) is 10.1 Å². The number of nitrogens with one attached hydrogen (secondary N) is 1. The van der Waals surface area contributed by atoms with Crippen molar-refractivity contribution < 1.29 is 27.1 Å². The summed E-state index contributed by atoms with van der Waals surface area (Å²) in [5.41, 5.74) is -1.03. The van der Waals surface area contributed by atoms with Crippen LogP contribution in [0.5, 0.6) is 5.75 Å². The molecular formula is C13H9ClF3NO3. The lowest BCUT2D eigenvalue weighted by atomic mass is 10.1. The highest BCUT2D eigenvalue weighted by atomic mass is 35.5. The highest BCUT2D eigenvalue weighted by molar-refractivity contribution is 6.29. The minimum atomic E-state index is -4.60. The molecule has 21 heavy (non-hydrogen) atoms. The number of hydrogen-bond donors (Lipinski definition) is 1. The zero-order chi connectivity index (χ0) is 15.6. The molecule has 0 spiro atoms. The number of methoxy groups -OCH3 is 1. The fraction of sp³-hybridized carbons (Fsp3) is 0.154. The summed E-state index contributed by atoms with van der Waals surface area (Å²) in [5, 5.41) is 2.29. The van der Waals surface area contributed by atoms with Crippen molar-refractivity contribution in [3.8, 4) is 5.75 Å². The van der Waals surface area contributed by atoms with Gasteiger partial charge < -0.3 is 14.5 Å². The number of hydrogen-bond acceptors (Lipinski definition) is 3. The average molecular weight is 320 g/mol. The number of carbonyl (C=O) groups is 1. The third-order valence-corrected chi connectivity index (χ3v) is 2.76. The summed E-state index contributed by atoms with van der Waals surface area (Å²) in [5.74, 6) is -1.15. The van der Waals surface area contributed by atoms with Crippen LogP contribution in [0.3, 0.4) is 0 Å². The largest absolute Gasteiger partial charge is 0.496 e. The Kier molecular flexibility index (Phi) is 4.13. The maximum atomic E-state index is 12.9. The maximum absolute atomic E-state index is 12.9. The first-order valence-electron chi connectivity index (χ1n) is 5.63. The quantitative estimate of drug-likeness (QED) is 0.922. The van der Waals surface area contributed by atoms with Crippen LogP contribution in [-0.4, -0.2) is 13.0 Å². The number of anilines is 1. The van der Waals surface area contributed by atoms with E-state index < -0.39 is 17.6 Å². The van der Waals surface area contributed by atoms with Gasteiger partial charge in [0.15, 0.2) is 11.0 Å². The monoisotopic (exact) mass is 319 g/mol. The molecule has 0 radical (unpaired) electrons. The van der Waals surface area contributed by atoms with E-state index in [4.69, 9.17) is 16.0 Å². The van der Waals surface area contributed by atoms with Gasteiger partial charge in [0, 0.05) is 5.69 Å². The summed E-state index contributed by atoms with van der Waals surface area (Å²) in [6.45, 7) is 0. The van der Waals surface area contributed by atoms with E-state index in [1.807, 2.05) is 0 Å². The van der Waals surface area contributed by atoms with Crippen LogP contribution in [0.2, 0.25) is 5.22 Å². The minimum absolute atomic E-state index is 0.00543. The van der Waals surface area contributed by atoms with Crippen LogP contribution in [0.4, 0.5) is 18.9 Å². The van der Waals surface area contributed by atoms with Crippen molar-refractivity contribution in [3.05, 3.63) is 46.9 Å². The van der Waals surface area contributed by atoms with Crippen molar-refractivity contribution in [3.63, 3.8) is 0 Å². The SMILES string of the molecule is COc1ccc(NC(=O)c2ccc(Cl)o2)cc1C(F)(F)F. The molecule has 8 heteroatoms. The Balaban J connectivity index is 2.27. The van der Waals surface area contributed by atoms with Gasteiger partial charge >= 0.3 is 6.18 Å². The standard InChI is InChI=1S/C13H9ClF3NO3/c1-20-9-3-2-7(6-8(9)13(15,16)17)18-12(19)10-4-5-11(14)21-10/h2-6H,1H3,(H,18,19). The van der Waals surface area contributed by atoms with Crippen molar-refractivity contribution in [1.29, 1.82) is 0 Å². The van der Waals surface area contributed by atoms with Crippen molar-refractivity contribution in [2.24, 2.45) is 0 Å². The first kappa shape index (κ1) is 15.2. The van der Waals surface area contributed by atoms with E-state index in [0.717, 1.165) is 19.2 Å². The Morgan fingerprint density at radius 3 is 2.52 bits per heavy atom. The lowest BCUT2D eigenvalue weighted by Crippen LogP contribution is -2.13. The molecule has 1 aromatic heterocycles. The zero-order valence-electron chi connectivity index (χ0n) is 10.6. The number of benzene rings is 1. The molecule has 0 bridgehead atoms. The van der Waals surface area contributed by atoms with Crippen molar-refractivity contribution in [1.82, 2.24) is 0 Å². The van der Waals surface area contributed by atoms with Gasteiger partial charge in [0.25, 0.3) is 5.91 Å². The second-order valence-corrected chi connectivity index (χ2v) is 4.34. The van der Waals surface area contributed by atoms with Gasteiger partial charge in [-0.15, -0.1) is 0 Å². The number of ether oxygens (including phenoxy) is 1. The summed E-state index contributed by atoms with van der Waals surface area (Å²) >= 11 is 5.52. The summed E-state index contributed by atoms with van der Waals surface area (Å²) in [6.07, 6.45) is -4.60. The fourth-order valence-corrected chi connectivity index (χ4v) is 1.78. The number of alkyl halides is 3. The number of furan rings is 1. The second-order valence-electron chi connectivity index (χ2n) is 3.97. The first-order valence-corrected chi connectivity index (χ1v) is 6.01. The highest BCUT2D eigenvalue weighted by Crippen LogP contribution is 2.37. The third kappa shape index (κ3) is 3.49. The molecule has 2 rings (SSSR count). The molecule has 1 N–H and O–H groups in total. The van der Waals surface area contributed by atoms with E-state index >= 15 is 0 Å². The normalized spacial score (nSPS) is 11.3.